The van der Waals surface area contributed by atoms with Crippen molar-refractivity contribution in [2.24, 2.45) is 5.92 Å². The van der Waals surface area contributed by atoms with E-state index in [2.05, 4.69) is 20.3 Å². The normalized spacial score (nSPS) is 14.0. The molecule has 35 heavy (non-hydrogen) atoms. The Bertz CT molecular complexity index is 1580. The molecule has 1 aliphatic carbocycles. The second-order valence-corrected chi connectivity index (χ2v) is 8.54. The molecule has 1 unspecified atom stereocenters. The summed E-state index contributed by atoms with van der Waals surface area (Å²) in [5.41, 5.74) is 11.2. The summed E-state index contributed by atoms with van der Waals surface area (Å²) in [5, 5.41) is 13.0. The first kappa shape index (κ1) is 22.5. The number of nitrogen functional groups attached to an aromatic ring is 2. The molecular formula is C23H17ClF2N8O. The molecule has 9 nitrogen and oxygen atoms in total. The van der Waals surface area contributed by atoms with E-state index < -0.39 is 23.2 Å². The fraction of sp³-hybridized carbons (Fsp3) is 0.174. The third-order valence-corrected chi connectivity index (χ3v) is 6.02. The fourth-order valence-corrected chi connectivity index (χ4v) is 4.26. The Kier molecular flexibility index (Phi) is 5.45. The van der Waals surface area contributed by atoms with Crippen molar-refractivity contribution in [2.45, 2.75) is 18.9 Å². The second kappa shape index (κ2) is 8.48. The largest absolute Gasteiger partial charge is 0.382 e. The predicted octanol–water partition coefficient (Wildman–Crippen LogP) is 3.71. The Morgan fingerprint density at radius 3 is 2.51 bits per heavy atom. The van der Waals surface area contributed by atoms with Gasteiger partial charge in [-0.15, -0.1) is 0 Å². The van der Waals surface area contributed by atoms with Crippen LogP contribution in [0.3, 0.4) is 0 Å². The quantitative estimate of drug-likeness (QED) is 0.380. The van der Waals surface area contributed by atoms with Gasteiger partial charge in [0.2, 0.25) is 5.95 Å². The minimum atomic E-state index is -0.865. The zero-order chi connectivity index (χ0) is 24.9. The molecule has 1 saturated carbocycles. The second-order valence-electron chi connectivity index (χ2n) is 8.13. The van der Waals surface area contributed by atoms with Crippen molar-refractivity contribution in [1.82, 2.24) is 19.5 Å². The van der Waals surface area contributed by atoms with Gasteiger partial charge in [0.1, 0.15) is 34.9 Å². The SMILES string of the molecule is N#Cc1c(N)nc(N)nc1NC(c1nc2cccc(Cl)c2c(=O)n1-c1cc(F)cc(F)c1)C1CC1. The summed E-state index contributed by atoms with van der Waals surface area (Å²) >= 11 is 6.30. The summed E-state index contributed by atoms with van der Waals surface area (Å²) in [6.45, 7) is 0. The topological polar surface area (TPSA) is 149 Å². The van der Waals surface area contributed by atoms with Gasteiger partial charge in [0.25, 0.3) is 5.56 Å². The number of nitrogens with one attached hydrogen (secondary N) is 1. The van der Waals surface area contributed by atoms with Gasteiger partial charge in [-0.3, -0.25) is 9.36 Å². The first-order chi connectivity index (χ1) is 16.8. The third kappa shape index (κ3) is 4.08. The summed E-state index contributed by atoms with van der Waals surface area (Å²) in [6.07, 6.45) is 1.55. The summed E-state index contributed by atoms with van der Waals surface area (Å²) in [5.74, 6) is -1.79. The number of hydrogen-bond acceptors (Lipinski definition) is 8. The van der Waals surface area contributed by atoms with E-state index in [0.717, 1.165) is 29.5 Å². The summed E-state index contributed by atoms with van der Waals surface area (Å²) < 4.78 is 29.5. The number of aromatic nitrogens is 4. The molecule has 0 radical (unpaired) electrons. The van der Waals surface area contributed by atoms with Crippen molar-refractivity contribution in [3.63, 3.8) is 0 Å². The van der Waals surface area contributed by atoms with Crippen molar-refractivity contribution in [3.05, 3.63) is 74.8 Å². The third-order valence-electron chi connectivity index (χ3n) is 5.71. The lowest BCUT2D eigenvalue weighted by molar-refractivity contribution is 0.575. The maximum absolute atomic E-state index is 14.2. The maximum atomic E-state index is 14.2. The molecule has 5 N–H and O–H groups in total. The Balaban J connectivity index is 1.79. The number of hydrogen-bond donors (Lipinski definition) is 3. The highest BCUT2D eigenvalue weighted by molar-refractivity contribution is 6.35. The van der Waals surface area contributed by atoms with Gasteiger partial charge in [0.05, 0.1) is 27.7 Å². The summed E-state index contributed by atoms with van der Waals surface area (Å²) in [4.78, 5) is 26.3. The number of anilines is 3. The minimum absolute atomic E-state index is 0.0212. The first-order valence-corrected chi connectivity index (χ1v) is 10.9. The minimum Gasteiger partial charge on any atom is -0.382 e. The van der Waals surface area contributed by atoms with E-state index in [1.165, 1.54) is 6.07 Å². The standard InChI is InChI=1S/C23H17ClF2N8O/c24-15-2-1-3-16-17(15)22(35)34(13-7-11(25)6-12(26)8-13)21(30-16)18(10-4-5-10)31-20-14(9-27)19(28)32-23(29)33-20/h1-3,6-8,10,18H,4-5H2,(H5,28,29,31,32,33). The van der Waals surface area contributed by atoms with Gasteiger partial charge in [0, 0.05) is 6.07 Å². The van der Waals surface area contributed by atoms with Crippen LogP contribution in [0.25, 0.3) is 16.6 Å². The fourth-order valence-electron chi connectivity index (χ4n) is 4.01. The molecule has 1 atom stereocenters. The number of nitrogens with two attached hydrogens (primary N) is 2. The molecule has 2 aromatic carbocycles. The van der Waals surface area contributed by atoms with Crippen molar-refractivity contribution in [1.29, 1.82) is 5.26 Å². The van der Waals surface area contributed by atoms with Crippen LogP contribution in [0.5, 0.6) is 0 Å². The molecule has 5 rings (SSSR count). The van der Waals surface area contributed by atoms with Gasteiger partial charge in [0.15, 0.2) is 5.82 Å². The summed E-state index contributed by atoms with van der Waals surface area (Å²) in [6, 6.07) is 8.83. The zero-order valence-electron chi connectivity index (χ0n) is 18.0. The van der Waals surface area contributed by atoms with Gasteiger partial charge < -0.3 is 16.8 Å². The van der Waals surface area contributed by atoms with Crippen LogP contribution in [-0.2, 0) is 0 Å². The Hall–Kier alpha value is -4.30. The monoisotopic (exact) mass is 494 g/mol. The van der Waals surface area contributed by atoms with Crippen molar-refractivity contribution in [3.8, 4) is 11.8 Å². The lowest BCUT2D eigenvalue weighted by Gasteiger charge is -2.24. The van der Waals surface area contributed by atoms with Crippen molar-refractivity contribution in [2.75, 3.05) is 16.8 Å². The highest BCUT2D eigenvalue weighted by atomic mass is 35.5. The van der Waals surface area contributed by atoms with Gasteiger partial charge in [-0.25, -0.2) is 13.8 Å². The van der Waals surface area contributed by atoms with Crippen LogP contribution in [0, 0.1) is 28.9 Å². The molecular weight excluding hydrogens is 478 g/mol. The first-order valence-electron chi connectivity index (χ1n) is 10.5. The van der Waals surface area contributed by atoms with Crippen molar-refractivity contribution < 1.29 is 8.78 Å². The number of nitriles is 1. The molecule has 0 spiro atoms. The van der Waals surface area contributed by atoms with Crippen LogP contribution < -0.4 is 22.3 Å². The maximum Gasteiger partial charge on any atom is 0.267 e. The van der Waals surface area contributed by atoms with E-state index >= 15 is 0 Å². The average molecular weight is 495 g/mol. The van der Waals surface area contributed by atoms with Crippen LogP contribution in [-0.4, -0.2) is 19.5 Å². The van der Waals surface area contributed by atoms with E-state index in [0.29, 0.717) is 11.6 Å². The van der Waals surface area contributed by atoms with Gasteiger partial charge in [-0.1, -0.05) is 17.7 Å². The molecule has 1 aliphatic rings. The molecule has 12 heteroatoms. The lowest BCUT2D eigenvalue weighted by Crippen LogP contribution is -2.30. The van der Waals surface area contributed by atoms with Crippen LogP contribution in [0.15, 0.2) is 41.2 Å². The van der Waals surface area contributed by atoms with E-state index in [1.807, 2.05) is 6.07 Å². The number of benzene rings is 2. The molecule has 0 bridgehead atoms. The number of rotatable bonds is 5. The summed E-state index contributed by atoms with van der Waals surface area (Å²) in [7, 11) is 0. The number of nitrogens with zero attached hydrogens (tertiary/aromatic N) is 5. The molecule has 0 amide bonds. The van der Waals surface area contributed by atoms with Gasteiger partial charge in [-0.05, 0) is 43.0 Å². The highest BCUT2D eigenvalue weighted by Crippen LogP contribution is 2.43. The Morgan fingerprint density at radius 1 is 1.14 bits per heavy atom. The molecule has 0 saturated heterocycles. The van der Waals surface area contributed by atoms with E-state index in [9.17, 15) is 18.8 Å². The Labute approximate surface area is 202 Å². The van der Waals surface area contributed by atoms with Crippen LogP contribution >= 0.6 is 11.6 Å². The average Bonchev–Trinajstić information content (AvgIpc) is 3.61. The lowest BCUT2D eigenvalue weighted by atomic mass is 10.1. The van der Waals surface area contributed by atoms with Crippen LogP contribution in [0.1, 0.15) is 30.3 Å². The van der Waals surface area contributed by atoms with E-state index in [1.54, 1.807) is 12.1 Å². The molecule has 4 aromatic rings. The molecule has 2 heterocycles. The van der Waals surface area contributed by atoms with Crippen LogP contribution in [0.2, 0.25) is 5.02 Å². The Morgan fingerprint density at radius 2 is 1.86 bits per heavy atom. The van der Waals surface area contributed by atoms with Gasteiger partial charge in [-0.2, -0.15) is 15.2 Å². The van der Waals surface area contributed by atoms with Crippen molar-refractivity contribution >= 4 is 40.1 Å². The predicted molar refractivity (Wildman–Crippen MR) is 127 cm³/mol. The molecule has 0 aliphatic heterocycles. The highest BCUT2D eigenvalue weighted by Gasteiger charge is 2.37. The zero-order valence-corrected chi connectivity index (χ0v) is 18.7. The van der Waals surface area contributed by atoms with E-state index in [4.69, 9.17) is 23.1 Å². The molecule has 2 aromatic heterocycles. The van der Waals surface area contributed by atoms with Crippen LogP contribution in [0.4, 0.5) is 26.4 Å². The molecule has 1 fully saturated rings. The molecule has 176 valence electrons. The smallest absolute Gasteiger partial charge is 0.267 e. The number of halogens is 3. The van der Waals surface area contributed by atoms with Gasteiger partial charge >= 0.3 is 0 Å². The van der Waals surface area contributed by atoms with E-state index in [-0.39, 0.29) is 51.0 Å². The number of fused-ring (bicyclic) bond motifs is 1.